The first-order valence-corrected chi connectivity index (χ1v) is 22.2. The summed E-state index contributed by atoms with van der Waals surface area (Å²) in [6.45, 7) is 4.77. The van der Waals surface area contributed by atoms with Gasteiger partial charge in [-0.2, -0.15) is 0 Å². The van der Waals surface area contributed by atoms with Crippen LogP contribution < -0.4 is 14.2 Å². The van der Waals surface area contributed by atoms with E-state index >= 15 is 4.79 Å². The van der Waals surface area contributed by atoms with Gasteiger partial charge >= 0.3 is 6.09 Å². The number of amides is 1. The van der Waals surface area contributed by atoms with Crippen LogP contribution in [-0.4, -0.2) is 59.5 Å². The van der Waals surface area contributed by atoms with E-state index in [0.717, 1.165) is 62.6 Å². The number of aliphatic hydroxyl groups is 2. The smallest absolute Gasteiger partial charge is 0.415 e. The summed E-state index contributed by atoms with van der Waals surface area (Å²) in [5, 5.41) is 27.6. The van der Waals surface area contributed by atoms with E-state index in [1.165, 1.54) is 0 Å². The van der Waals surface area contributed by atoms with Crippen molar-refractivity contribution in [2.45, 2.75) is 77.0 Å². The summed E-state index contributed by atoms with van der Waals surface area (Å²) in [6.07, 6.45) is 10.9. The second kappa shape index (κ2) is 14.0. The highest BCUT2D eigenvalue weighted by molar-refractivity contribution is 7.21. The van der Waals surface area contributed by atoms with Gasteiger partial charge in [0.05, 0.1) is 43.9 Å². The predicted molar refractivity (Wildman–Crippen MR) is 235 cm³/mol. The maximum atomic E-state index is 15.2. The van der Waals surface area contributed by atoms with Crippen LogP contribution in [0.3, 0.4) is 0 Å². The molecular formula is C51H53NO7S. The highest BCUT2D eigenvalue weighted by Gasteiger charge is 2.74. The number of hydrogen-bond acceptors (Lipinski definition) is 8. The van der Waals surface area contributed by atoms with Gasteiger partial charge < -0.3 is 29.3 Å². The Morgan fingerprint density at radius 2 is 1.50 bits per heavy atom. The highest BCUT2D eigenvalue weighted by atomic mass is 32.1. The van der Waals surface area contributed by atoms with E-state index in [0.29, 0.717) is 36.5 Å². The zero-order valence-electron chi connectivity index (χ0n) is 34.8. The van der Waals surface area contributed by atoms with Crippen molar-refractivity contribution in [1.82, 2.24) is 4.90 Å². The molecule has 6 aliphatic rings. The number of ether oxygens (including phenoxy) is 3. The molecule has 1 amide bonds. The second-order valence-corrected chi connectivity index (χ2v) is 19.8. The highest BCUT2D eigenvalue weighted by Crippen LogP contribution is 2.78. The third-order valence-electron chi connectivity index (χ3n) is 16.1. The minimum Gasteiger partial charge on any atom is -0.497 e. The molecule has 9 heteroatoms. The second-order valence-electron chi connectivity index (χ2n) is 18.7. The molecule has 3 fully saturated rings. The number of nitrogens with zero attached hydrogens (tertiary/aromatic N) is 1. The predicted octanol–water partition coefficient (Wildman–Crippen LogP) is 10.5. The molecule has 8 unspecified atom stereocenters. The summed E-state index contributed by atoms with van der Waals surface area (Å²) >= 11 is 1.54. The zero-order valence-corrected chi connectivity index (χ0v) is 35.6. The fourth-order valence-electron chi connectivity index (χ4n) is 12.9. The molecule has 2 bridgehead atoms. The van der Waals surface area contributed by atoms with E-state index < -0.39 is 34.0 Å². The molecule has 2 N–H and O–H groups in total. The topological polar surface area (TPSA) is 106 Å². The zero-order chi connectivity index (χ0) is 41.7. The number of allylic oxidation sites excluding steroid dienone is 4. The van der Waals surface area contributed by atoms with E-state index in [2.05, 4.69) is 44.2 Å². The summed E-state index contributed by atoms with van der Waals surface area (Å²) < 4.78 is 18.5. The van der Waals surface area contributed by atoms with Gasteiger partial charge in [0.2, 0.25) is 0 Å². The standard InChI is InChI=1S/C51H53NO7S/c1-47-20-17-36(53)28-49(47)23-24-51(39(29-49)45(54)42-26-34-11-7-8-12-41(34)60-42)43(47)18-21-48(2)44(51)19-22-50(48,56)31-52(30-35-14-15-37(57-3)27-40(35)58-4)46(55)59-38-16-13-32-9-5-6-10-33(32)25-38/h5-16,23-27,29,36,43-44,53,56H,17-22,28,30-31H2,1-4H3. The number of hydrogen-bond donors (Lipinski definition) is 2. The SMILES string of the molecule is COc1ccc(CN(CC2(O)CCC3C45C=CC6(C=C4C(=O)c4cc7ccccc7s4)CC(O)CCC6(C)C5CCC32C)C(=O)Oc2ccc3ccccc3c2)c(OC)c1. The van der Waals surface area contributed by atoms with E-state index in [-0.39, 0.29) is 36.1 Å². The summed E-state index contributed by atoms with van der Waals surface area (Å²) in [5.41, 5.74) is -1.61. The third kappa shape index (κ3) is 5.68. The normalized spacial score (nSPS) is 32.5. The summed E-state index contributed by atoms with van der Waals surface area (Å²) in [7, 11) is 3.20. The Morgan fingerprint density at radius 3 is 2.28 bits per heavy atom. The van der Waals surface area contributed by atoms with Gasteiger partial charge in [-0.05, 0) is 115 Å². The van der Waals surface area contributed by atoms with Crippen LogP contribution in [0.2, 0.25) is 0 Å². The van der Waals surface area contributed by atoms with Crippen molar-refractivity contribution in [2.24, 2.45) is 33.5 Å². The summed E-state index contributed by atoms with van der Waals surface area (Å²) in [5.74, 6) is 1.75. The van der Waals surface area contributed by atoms with Crippen molar-refractivity contribution in [1.29, 1.82) is 0 Å². The van der Waals surface area contributed by atoms with Crippen LogP contribution in [0.1, 0.15) is 74.0 Å². The van der Waals surface area contributed by atoms with Crippen molar-refractivity contribution in [3.05, 3.63) is 125 Å². The Balaban J connectivity index is 1.04. The quantitative estimate of drug-likeness (QED) is 0.113. The number of thiophene rings is 1. The molecule has 0 saturated heterocycles. The summed E-state index contributed by atoms with van der Waals surface area (Å²) in [6, 6.07) is 29.3. The molecule has 0 aliphatic heterocycles. The Hall–Kier alpha value is -4.96. The number of rotatable bonds is 9. The van der Waals surface area contributed by atoms with E-state index in [9.17, 15) is 15.0 Å². The molecule has 8 atom stereocenters. The van der Waals surface area contributed by atoms with Gasteiger partial charge in [0.25, 0.3) is 0 Å². The Bertz CT molecular complexity index is 2580. The first-order valence-electron chi connectivity index (χ1n) is 21.4. The molecule has 11 rings (SSSR count). The number of Topliss-reactive ketones (excluding diaryl/α,β-unsaturated/α-hetero) is 1. The van der Waals surface area contributed by atoms with Gasteiger partial charge in [0.1, 0.15) is 17.2 Å². The van der Waals surface area contributed by atoms with Gasteiger partial charge in [-0.1, -0.05) is 80.6 Å². The number of ketones is 1. The van der Waals surface area contributed by atoms with Gasteiger partial charge in [-0.15, -0.1) is 11.3 Å². The van der Waals surface area contributed by atoms with Gasteiger partial charge in [-0.3, -0.25) is 4.79 Å². The first kappa shape index (κ1) is 39.2. The van der Waals surface area contributed by atoms with Crippen LogP contribution in [-0.2, 0) is 6.54 Å². The monoisotopic (exact) mass is 823 g/mol. The van der Waals surface area contributed by atoms with Crippen LogP contribution in [0.4, 0.5) is 4.79 Å². The number of aliphatic hydroxyl groups excluding tert-OH is 1. The average molecular weight is 824 g/mol. The molecular weight excluding hydrogens is 771 g/mol. The van der Waals surface area contributed by atoms with E-state index in [4.69, 9.17) is 14.2 Å². The van der Waals surface area contributed by atoms with E-state index in [1.54, 1.807) is 42.6 Å². The van der Waals surface area contributed by atoms with Crippen molar-refractivity contribution in [2.75, 3.05) is 20.8 Å². The first-order chi connectivity index (χ1) is 28.8. The largest absolute Gasteiger partial charge is 0.497 e. The molecule has 2 spiro atoms. The molecule has 5 aromatic rings. The van der Waals surface area contributed by atoms with Gasteiger partial charge in [0, 0.05) is 38.1 Å². The lowest BCUT2D eigenvalue weighted by Gasteiger charge is -2.71. The molecule has 6 aliphatic carbocycles. The molecule has 4 aromatic carbocycles. The minimum atomic E-state index is -1.31. The third-order valence-corrected chi connectivity index (χ3v) is 17.2. The van der Waals surface area contributed by atoms with Crippen molar-refractivity contribution < 1.29 is 34.0 Å². The number of methoxy groups -OCH3 is 2. The van der Waals surface area contributed by atoms with Crippen molar-refractivity contribution in [3.63, 3.8) is 0 Å². The number of fused-ring (bicyclic) bond motifs is 3. The lowest BCUT2D eigenvalue weighted by atomic mass is 9.32. The Morgan fingerprint density at radius 1 is 0.783 bits per heavy atom. The lowest BCUT2D eigenvalue weighted by Crippen LogP contribution is -2.67. The van der Waals surface area contributed by atoms with Crippen LogP contribution in [0, 0.1) is 33.5 Å². The average Bonchev–Trinajstić information content (AvgIpc) is 3.81. The molecule has 8 nitrogen and oxygen atoms in total. The lowest BCUT2D eigenvalue weighted by molar-refractivity contribution is -0.175. The molecule has 60 heavy (non-hydrogen) atoms. The van der Waals surface area contributed by atoms with Crippen LogP contribution in [0.5, 0.6) is 17.2 Å². The molecule has 310 valence electrons. The van der Waals surface area contributed by atoms with Crippen molar-refractivity contribution in [3.8, 4) is 17.2 Å². The molecule has 1 heterocycles. The fourth-order valence-corrected chi connectivity index (χ4v) is 13.9. The van der Waals surface area contributed by atoms with E-state index in [1.807, 2.05) is 66.7 Å². The van der Waals surface area contributed by atoms with Crippen LogP contribution in [0.15, 0.2) is 115 Å². The van der Waals surface area contributed by atoms with Crippen molar-refractivity contribution >= 4 is 44.1 Å². The fraction of sp³-hybridized carbons (Fsp3) is 0.412. The Kier molecular flexibility index (Phi) is 9.17. The van der Waals surface area contributed by atoms with Gasteiger partial charge in [-0.25, -0.2) is 4.79 Å². The Labute approximate surface area is 355 Å². The summed E-state index contributed by atoms with van der Waals surface area (Å²) in [4.78, 5) is 32.2. The number of carbonyl (C=O) groups excluding carboxylic acids is 2. The maximum absolute atomic E-state index is 15.2. The maximum Gasteiger partial charge on any atom is 0.415 e. The van der Waals surface area contributed by atoms with Crippen LogP contribution >= 0.6 is 11.3 Å². The molecule has 1 aromatic heterocycles. The molecule has 3 saturated carbocycles. The number of benzene rings is 4. The number of carbonyl (C=O) groups is 2. The minimum absolute atomic E-state index is 0.0305. The van der Waals surface area contributed by atoms with Gasteiger partial charge in [0.15, 0.2) is 5.78 Å². The molecule has 0 radical (unpaired) electrons. The van der Waals surface area contributed by atoms with Crippen LogP contribution in [0.25, 0.3) is 20.9 Å².